The zero-order chi connectivity index (χ0) is 17.5. The molecule has 0 aromatic carbocycles. The van der Waals surface area contributed by atoms with Crippen molar-refractivity contribution < 1.29 is 19.4 Å². The fourth-order valence-electron chi connectivity index (χ4n) is 3.47. The number of carbonyl (C=O) groups excluding carboxylic acids is 1. The molecule has 0 radical (unpaired) electrons. The second kappa shape index (κ2) is 9.22. The highest BCUT2D eigenvalue weighted by molar-refractivity contribution is 5.76. The summed E-state index contributed by atoms with van der Waals surface area (Å²) in [6, 6.07) is -0.138. The molecule has 3 unspecified atom stereocenters. The number of nitrogens with one attached hydrogen (secondary N) is 1. The van der Waals surface area contributed by atoms with Crippen LogP contribution in [0.25, 0.3) is 0 Å². The van der Waals surface area contributed by atoms with Crippen LogP contribution in [-0.2, 0) is 9.53 Å². The van der Waals surface area contributed by atoms with E-state index in [4.69, 9.17) is 4.74 Å². The van der Waals surface area contributed by atoms with E-state index in [0.717, 1.165) is 45.5 Å². The summed E-state index contributed by atoms with van der Waals surface area (Å²) < 4.78 is 5.63. The zero-order valence-corrected chi connectivity index (χ0v) is 14.9. The van der Waals surface area contributed by atoms with Gasteiger partial charge in [-0.25, -0.2) is 4.79 Å². The van der Waals surface area contributed by atoms with E-state index in [9.17, 15) is 14.7 Å². The molecular weight excluding hydrogens is 310 g/mol. The summed E-state index contributed by atoms with van der Waals surface area (Å²) in [6.45, 7) is 9.36. The molecule has 0 spiro atoms. The lowest BCUT2D eigenvalue weighted by Crippen LogP contribution is -2.49. The molecule has 7 nitrogen and oxygen atoms in total. The number of ether oxygens (including phenoxy) is 1. The van der Waals surface area contributed by atoms with E-state index in [1.807, 2.05) is 6.92 Å². The summed E-state index contributed by atoms with van der Waals surface area (Å²) >= 11 is 0. The third kappa shape index (κ3) is 5.63. The summed E-state index contributed by atoms with van der Waals surface area (Å²) in [4.78, 5) is 27.5. The van der Waals surface area contributed by atoms with Gasteiger partial charge >= 0.3 is 12.0 Å². The molecular formula is C17H31N3O4. The molecule has 2 saturated heterocycles. The number of hydrogen-bond acceptors (Lipinski definition) is 4. The van der Waals surface area contributed by atoms with Crippen molar-refractivity contribution in [2.24, 2.45) is 11.8 Å². The van der Waals surface area contributed by atoms with Gasteiger partial charge in [-0.3, -0.25) is 4.79 Å². The van der Waals surface area contributed by atoms with Gasteiger partial charge in [0.15, 0.2) is 0 Å². The SMILES string of the molecule is CC1CN(CCCNC(=O)N2CCC(C)C(C(=O)O)C2)CCCO1. The minimum Gasteiger partial charge on any atom is -0.481 e. The number of carboxylic acid groups (broad SMARTS) is 1. The first-order chi connectivity index (χ1) is 11.5. The third-order valence-electron chi connectivity index (χ3n) is 5.03. The Balaban J connectivity index is 1.66. The molecule has 0 bridgehead atoms. The highest BCUT2D eigenvalue weighted by Crippen LogP contribution is 2.23. The lowest BCUT2D eigenvalue weighted by atomic mass is 9.87. The maximum Gasteiger partial charge on any atom is 0.317 e. The molecule has 0 aliphatic carbocycles. The Morgan fingerprint density at radius 2 is 2.04 bits per heavy atom. The lowest BCUT2D eigenvalue weighted by Gasteiger charge is -2.34. The van der Waals surface area contributed by atoms with Crippen molar-refractivity contribution >= 4 is 12.0 Å². The molecule has 2 rings (SSSR count). The van der Waals surface area contributed by atoms with E-state index in [-0.39, 0.29) is 18.1 Å². The van der Waals surface area contributed by atoms with Crippen molar-refractivity contribution in [2.75, 3.05) is 45.9 Å². The van der Waals surface area contributed by atoms with E-state index in [0.29, 0.717) is 19.6 Å². The monoisotopic (exact) mass is 341 g/mol. The van der Waals surface area contributed by atoms with Crippen molar-refractivity contribution in [3.05, 3.63) is 0 Å². The number of carbonyl (C=O) groups is 2. The van der Waals surface area contributed by atoms with E-state index in [2.05, 4.69) is 17.1 Å². The first kappa shape index (κ1) is 19.0. The number of urea groups is 1. The predicted octanol–water partition coefficient (Wildman–Crippen LogP) is 1.24. The topological polar surface area (TPSA) is 82.1 Å². The molecule has 0 aromatic heterocycles. The Morgan fingerprint density at radius 3 is 2.79 bits per heavy atom. The third-order valence-corrected chi connectivity index (χ3v) is 5.03. The molecule has 7 heteroatoms. The van der Waals surface area contributed by atoms with E-state index in [1.54, 1.807) is 4.90 Å². The van der Waals surface area contributed by atoms with Crippen LogP contribution in [-0.4, -0.2) is 78.9 Å². The van der Waals surface area contributed by atoms with Crippen molar-refractivity contribution in [1.29, 1.82) is 0 Å². The Hall–Kier alpha value is -1.34. The minimum absolute atomic E-state index is 0.124. The summed E-state index contributed by atoms with van der Waals surface area (Å²) in [7, 11) is 0. The first-order valence-corrected chi connectivity index (χ1v) is 9.07. The predicted molar refractivity (Wildman–Crippen MR) is 91.0 cm³/mol. The smallest absolute Gasteiger partial charge is 0.317 e. The molecule has 2 fully saturated rings. The standard InChI is InChI=1S/C17H31N3O4/c1-13-5-9-20(12-15(13)16(21)22)17(23)18-6-3-7-19-8-4-10-24-14(2)11-19/h13-15H,3-12H2,1-2H3,(H,18,23)(H,21,22). The van der Waals surface area contributed by atoms with Gasteiger partial charge in [-0.2, -0.15) is 0 Å². The average molecular weight is 341 g/mol. The molecule has 138 valence electrons. The number of rotatable bonds is 5. The van der Waals surface area contributed by atoms with E-state index < -0.39 is 11.9 Å². The van der Waals surface area contributed by atoms with Crippen molar-refractivity contribution in [3.63, 3.8) is 0 Å². The summed E-state index contributed by atoms with van der Waals surface area (Å²) in [5.41, 5.74) is 0. The van der Waals surface area contributed by atoms with Crippen LogP contribution in [0.1, 0.15) is 33.1 Å². The number of nitrogens with zero attached hydrogens (tertiary/aromatic N) is 2. The maximum atomic E-state index is 12.2. The summed E-state index contributed by atoms with van der Waals surface area (Å²) in [5, 5.41) is 12.2. The van der Waals surface area contributed by atoms with Gasteiger partial charge in [0.05, 0.1) is 12.0 Å². The molecule has 3 atom stereocenters. The van der Waals surface area contributed by atoms with Crippen LogP contribution in [0.15, 0.2) is 0 Å². The second-order valence-corrected chi connectivity index (χ2v) is 7.08. The van der Waals surface area contributed by atoms with Crippen LogP contribution < -0.4 is 5.32 Å². The van der Waals surface area contributed by atoms with Gasteiger partial charge in [0.25, 0.3) is 0 Å². The van der Waals surface area contributed by atoms with Crippen molar-refractivity contribution in [1.82, 2.24) is 15.1 Å². The van der Waals surface area contributed by atoms with Crippen molar-refractivity contribution in [2.45, 2.75) is 39.2 Å². The number of carboxylic acids is 1. The molecule has 2 amide bonds. The van der Waals surface area contributed by atoms with Crippen LogP contribution in [0, 0.1) is 11.8 Å². The average Bonchev–Trinajstić information content (AvgIpc) is 2.75. The maximum absolute atomic E-state index is 12.2. The highest BCUT2D eigenvalue weighted by Gasteiger charge is 2.33. The molecule has 0 aromatic rings. The number of aliphatic carboxylic acids is 1. The summed E-state index contributed by atoms with van der Waals surface area (Å²) in [5.74, 6) is -1.14. The van der Waals surface area contributed by atoms with Crippen molar-refractivity contribution in [3.8, 4) is 0 Å². The van der Waals surface area contributed by atoms with Gasteiger partial charge < -0.3 is 25.0 Å². The molecule has 0 saturated carbocycles. The van der Waals surface area contributed by atoms with Gasteiger partial charge in [0.2, 0.25) is 0 Å². The highest BCUT2D eigenvalue weighted by atomic mass is 16.5. The minimum atomic E-state index is -0.808. The fraction of sp³-hybridized carbons (Fsp3) is 0.882. The Bertz CT molecular complexity index is 432. The Kier molecular flexibility index (Phi) is 7.30. The number of likely N-dealkylation sites (tertiary alicyclic amines) is 1. The fourth-order valence-corrected chi connectivity index (χ4v) is 3.47. The van der Waals surface area contributed by atoms with Gasteiger partial charge in [0.1, 0.15) is 0 Å². The summed E-state index contributed by atoms with van der Waals surface area (Å²) in [6.07, 6.45) is 2.96. The zero-order valence-electron chi connectivity index (χ0n) is 14.9. The van der Waals surface area contributed by atoms with Gasteiger partial charge in [-0.15, -0.1) is 0 Å². The van der Waals surface area contributed by atoms with Crippen LogP contribution in [0.2, 0.25) is 0 Å². The van der Waals surface area contributed by atoms with E-state index >= 15 is 0 Å². The normalized spacial score (nSPS) is 29.1. The van der Waals surface area contributed by atoms with Crippen LogP contribution in [0.5, 0.6) is 0 Å². The number of hydrogen-bond donors (Lipinski definition) is 2. The molecule has 2 heterocycles. The van der Waals surface area contributed by atoms with E-state index in [1.165, 1.54) is 0 Å². The van der Waals surface area contributed by atoms with Gasteiger partial charge in [-0.1, -0.05) is 6.92 Å². The Labute approximate surface area is 144 Å². The van der Waals surface area contributed by atoms with Gasteiger partial charge in [0, 0.05) is 39.3 Å². The van der Waals surface area contributed by atoms with Crippen LogP contribution in [0.3, 0.4) is 0 Å². The molecule has 2 aliphatic heterocycles. The molecule has 24 heavy (non-hydrogen) atoms. The largest absolute Gasteiger partial charge is 0.481 e. The second-order valence-electron chi connectivity index (χ2n) is 7.08. The number of piperidine rings is 1. The van der Waals surface area contributed by atoms with Gasteiger partial charge in [-0.05, 0) is 38.6 Å². The number of amides is 2. The lowest BCUT2D eigenvalue weighted by molar-refractivity contribution is -0.145. The first-order valence-electron chi connectivity index (χ1n) is 9.07. The molecule has 2 aliphatic rings. The van der Waals surface area contributed by atoms with Crippen LogP contribution in [0.4, 0.5) is 4.79 Å². The molecule has 2 N–H and O–H groups in total. The Morgan fingerprint density at radius 1 is 1.25 bits per heavy atom. The quantitative estimate of drug-likeness (QED) is 0.735. The van der Waals surface area contributed by atoms with Crippen LogP contribution >= 0.6 is 0 Å².